The molecule has 2 heterocycles. The molecule has 0 aliphatic heterocycles. The van der Waals surface area contributed by atoms with E-state index in [4.69, 9.17) is 4.98 Å². The summed E-state index contributed by atoms with van der Waals surface area (Å²) in [5.74, 6) is 0.0823. The third kappa shape index (κ3) is 4.54. The van der Waals surface area contributed by atoms with Crippen molar-refractivity contribution in [2.24, 2.45) is 0 Å². The number of imidazole rings is 1. The summed E-state index contributed by atoms with van der Waals surface area (Å²) < 4.78 is 3.17. The minimum atomic E-state index is 0.0823. The van der Waals surface area contributed by atoms with E-state index >= 15 is 0 Å². The summed E-state index contributed by atoms with van der Waals surface area (Å²) >= 11 is 1.60. The highest BCUT2D eigenvalue weighted by atomic mass is 32.1. The molecule has 0 bridgehead atoms. The predicted octanol–water partition coefficient (Wildman–Crippen LogP) is 4.72. The van der Waals surface area contributed by atoms with Gasteiger partial charge < -0.3 is 4.57 Å². The maximum absolute atomic E-state index is 13.2. The first-order valence-corrected chi connectivity index (χ1v) is 10.7. The van der Waals surface area contributed by atoms with Crippen molar-refractivity contribution in [3.63, 3.8) is 0 Å². The molecule has 0 atom stereocenters. The summed E-state index contributed by atoms with van der Waals surface area (Å²) in [7, 11) is 0. The van der Waals surface area contributed by atoms with Crippen LogP contribution >= 0.6 is 11.3 Å². The number of hydrogen-bond acceptors (Lipinski definition) is 4. The van der Waals surface area contributed by atoms with Crippen molar-refractivity contribution >= 4 is 32.6 Å². The van der Waals surface area contributed by atoms with Crippen molar-refractivity contribution < 1.29 is 4.79 Å². The van der Waals surface area contributed by atoms with Gasteiger partial charge >= 0.3 is 0 Å². The maximum atomic E-state index is 13.2. The fraction of sp³-hybridized carbons (Fsp3) is 0.261. The molecular formula is C23H24N4OS. The third-order valence-electron chi connectivity index (χ3n) is 4.96. The molecule has 0 saturated heterocycles. The van der Waals surface area contributed by atoms with Gasteiger partial charge in [0.05, 0.1) is 23.0 Å². The lowest BCUT2D eigenvalue weighted by Crippen LogP contribution is -2.33. The van der Waals surface area contributed by atoms with Gasteiger partial charge in [-0.2, -0.15) is 0 Å². The number of para-hydroxylation sites is 1. The van der Waals surface area contributed by atoms with Gasteiger partial charge in [0.25, 0.3) is 0 Å². The monoisotopic (exact) mass is 404 g/mol. The second kappa shape index (κ2) is 9.01. The zero-order chi connectivity index (χ0) is 20.1. The van der Waals surface area contributed by atoms with Crippen molar-refractivity contribution in [3.05, 3.63) is 78.4 Å². The first kappa shape index (κ1) is 19.3. The summed E-state index contributed by atoms with van der Waals surface area (Å²) in [6.45, 7) is 3.59. The second-order valence-electron chi connectivity index (χ2n) is 6.98. The molecule has 4 aromatic rings. The number of anilines is 1. The van der Waals surface area contributed by atoms with Crippen molar-refractivity contribution in [3.8, 4) is 0 Å². The van der Waals surface area contributed by atoms with Crippen LogP contribution in [-0.4, -0.2) is 27.0 Å². The Labute approximate surface area is 174 Å². The van der Waals surface area contributed by atoms with E-state index in [1.807, 2.05) is 46.0 Å². The Bertz CT molecular complexity index is 1070. The zero-order valence-corrected chi connectivity index (χ0v) is 17.3. The van der Waals surface area contributed by atoms with Gasteiger partial charge in [-0.3, -0.25) is 9.69 Å². The Morgan fingerprint density at radius 3 is 2.76 bits per heavy atom. The number of carbonyl (C=O) groups is 1. The topological polar surface area (TPSA) is 51.0 Å². The van der Waals surface area contributed by atoms with Crippen LogP contribution in [-0.2, 0) is 24.2 Å². The summed E-state index contributed by atoms with van der Waals surface area (Å²) in [6, 6.07) is 16.2. The lowest BCUT2D eigenvalue weighted by molar-refractivity contribution is -0.118. The molecule has 29 heavy (non-hydrogen) atoms. The minimum absolute atomic E-state index is 0.0823. The average molecular weight is 405 g/mol. The van der Waals surface area contributed by atoms with Crippen LogP contribution in [0.5, 0.6) is 0 Å². The number of hydrogen-bond donors (Lipinski definition) is 0. The molecule has 6 heteroatoms. The second-order valence-corrected chi connectivity index (χ2v) is 7.98. The fourth-order valence-electron chi connectivity index (χ4n) is 3.42. The Balaban J connectivity index is 1.59. The van der Waals surface area contributed by atoms with E-state index in [-0.39, 0.29) is 5.91 Å². The molecule has 0 aliphatic carbocycles. The third-order valence-corrected chi connectivity index (χ3v) is 6.00. The number of carbonyl (C=O) groups excluding carboxylic acids is 1. The highest BCUT2D eigenvalue weighted by Crippen LogP contribution is 2.31. The normalized spacial score (nSPS) is 11.1. The van der Waals surface area contributed by atoms with Gasteiger partial charge in [-0.05, 0) is 30.0 Å². The van der Waals surface area contributed by atoms with Crippen molar-refractivity contribution in [1.29, 1.82) is 0 Å². The Hall–Kier alpha value is -2.99. The van der Waals surface area contributed by atoms with E-state index in [1.54, 1.807) is 23.9 Å². The molecule has 148 valence electrons. The molecule has 0 saturated carbocycles. The van der Waals surface area contributed by atoms with Crippen molar-refractivity contribution in [2.75, 3.05) is 11.4 Å². The highest BCUT2D eigenvalue weighted by molar-refractivity contribution is 7.22. The molecular weight excluding hydrogens is 380 g/mol. The molecule has 2 aromatic carbocycles. The van der Waals surface area contributed by atoms with E-state index in [9.17, 15) is 4.79 Å². The van der Waals surface area contributed by atoms with E-state index in [1.165, 1.54) is 5.56 Å². The largest absolute Gasteiger partial charge is 0.337 e. The van der Waals surface area contributed by atoms with Gasteiger partial charge in [0.1, 0.15) is 0 Å². The molecule has 0 radical (unpaired) electrons. The van der Waals surface area contributed by atoms with E-state index in [0.29, 0.717) is 13.0 Å². The van der Waals surface area contributed by atoms with Gasteiger partial charge in [0, 0.05) is 25.5 Å². The highest BCUT2D eigenvalue weighted by Gasteiger charge is 2.20. The molecule has 5 nitrogen and oxygen atoms in total. The van der Waals surface area contributed by atoms with Crippen LogP contribution in [0.2, 0.25) is 0 Å². The number of thiazole rings is 1. The van der Waals surface area contributed by atoms with Crippen LogP contribution in [0, 0.1) is 0 Å². The van der Waals surface area contributed by atoms with Crippen molar-refractivity contribution in [1.82, 2.24) is 14.5 Å². The number of rotatable bonds is 8. The number of aryl methyl sites for hydroxylation is 2. The molecule has 4 rings (SSSR count). The van der Waals surface area contributed by atoms with Gasteiger partial charge in [0.2, 0.25) is 5.91 Å². The average Bonchev–Trinajstić information content (AvgIpc) is 3.41. The first-order chi connectivity index (χ1) is 14.2. The Morgan fingerprint density at radius 1 is 1.14 bits per heavy atom. The van der Waals surface area contributed by atoms with Crippen LogP contribution in [0.1, 0.15) is 24.5 Å². The van der Waals surface area contributed by atoms with Crippen LogP contribution in [0.25, 0.3) is 10.2 Å². The molecule has 2 aromatic heterocycles. The molecule has 0 fully saturated rings. The summed E-state index contributed by atoms with van der Waals surface area (Å²) in [6.07, 6.45) is 7.68. The first-order valence-electron chi connectivity index (χ1n) is 9.93. The zero-order valence-electron chi connectivity index (χ0n) is 16.5. The standard InChI is InChI=1S/C23H24N4OS/c1-2-19-10-6-11-20-22(19)25-23(29-20)27(14-7-13-26-15-12-24-17-26)21(28)16-18-8-4-3-5-9-18/h3-6,8-12,15,17H,2,7,13-14,16H2,1H3. The summed E-state index contributed by atoms with van der Waals surface area (Å²) in [5, 5.41) is 0.785. The van der Waals surface area contributed by atoms with E-state index in [2.05, 4.69) is 30.1 Å². The predicted molar refractivity (Wildman–Crippen MR) is 118 cm³/mol. The smallest absolute Gasteiger partial charge is 0.233 e. The molecule has 0 spiro atoms. The van der Waals surface area contributed by atoms with Gasteiger partial charge in [-0.25, -0.2) is 9.97 Å². The number of fused-ring (bicyclic) bond motifs is 1. The van der Waals surface area contributed by atoms with E-state index in [0.717, 1.165) is 40.3 Å². The maximum Gasteiger partial charge on any atom is 0.233 e. The molecule has 0 aliphatic rings. The quantitative estimate of drug-likeness (QED) is 0.427. The number of benzene rings is 2. The Morgan fingerprint density at radius 2 is 2.00 bits per heavy atom. The van der Waals surface area contributed by atoms with Crippen LogP contribution < -0.4 is 4.90 Å². The lowest BCUT2D eigenvalue weighted by atomic mass is 10.1. The van der Waals surface area contributed by atoms with Crippen LogP contribution in [0.15, 0.2) is 67.3 Å². The van der Waals surface area contributed by atoms with Crippen LogP contribution in [0.3, 0.4) is 0 Å². The number of aromatic nitrogens is 3. The lowest BCUT2D eigenvalue weighted by Gasteiger charge is -2.20. The van der Waals surface area contributed by atoms with Crippen LogP contribution in [0.4, 0.5) is 5.13 Å². The van der Waals surface area contributed by atoms with Crippen molar-refractivity contribution in [2.45, 2.75) is 32.7 Å². The van der Waals surface area contributed by atoms with Gasteiger partial charge in [-0.1, -0.05) is 60.7 Å². The molecule has 0 N–H and O–H groups in total. The van der Waals surface area contributed by atoms with Gasteiger partial charge in [0.15, 0.2) is 5.13 Å². The summed E-state index contributed by atoms with van der Waals surface area (Å²) in [4.78, 5) is 24.0. The molecule has 0 unspecified atom stereocenters. The minimum Gasteiger partial charge on any atom is -0.337 e. The fourth-order valence-corrected chi connectivity index (χ4v) is 4.47. The SMILES string of the molecule is CCc1cccc2sc(N(CCCn3ccnc3)C(=O)Cc3ccccc3)nc12. The number of amides is 1. The summed E-state index contributed by atoms with van der Waals surface area (Å²) in [5.41, 5.74) is 3.26. The van der Waals surface area contributed by atoms with E-state index < -0.39 is 0 Å². The van der Waals surface area contributed by atoms with Gasteiger partial charge in [-0.15, -0.1) is 0 Å². The Kier molecular flexibility index (Phi) is 6.00. The number of nitrogens with zero attached hydrogens (tertiary/aromatic N) is 4. The molecule has 1 amide bonds.